The van der Waals surface area contributed by atoms with E-state index in [4.69, 9.17) is 22.7 Å². The van der Waals surface area contributed by atoms with E-state index in [0.29, 0.717) is 46.8 Å². The minimum atomic E-state index is -0.151. The predicted molar refractivity (Wildman–Crippen MR) is 109 cm³/mol. The Bertz CT molecular complexity index is 955. The second-order valence-corrected chi connectivity index (χ2v) is 7.28. The van der Waals surface area contributed by atoms with Crippen LogP contribution in [0.5, 0.6) is 0 Å². The second-order valence-electron chi connectivity index (χ2n) is 6.90. The molecule has 148 valence electrons. The molecule has 0 bridgehead atoms. The van der Waals surface area contributed by atoms with Gasteiger partial charge in [-0.2, -0.15) is 14.9 Å². The van der Waals surface area contributed by atoms with Crippen LogP contribution in [0.25, 0.3) is 5.65 Å². The van der Waals surface area contributed by atoms with Crippen LogP contribution in [0.1, 0.15) is 30.5 Å². The summed E-state index contributed by atoms with van der Waals surface area (Å²) in [5, 5.41) is 37.4. The highest BCUT2D eigenvalue weighted by molar-refractivity contribution is 6.34. The summed E-state index contributed by atoms with van der Waals surface area (Å²) in [6.07, 6.45) is 5.43. The molecule has 0 aromatic carbocycles. The minimum Gasteiger partial charge on any atom is -0.393 e. The average Bonchev–Trinajstić information content (AvgIpc) is 2.92. The third-order valence-corrected chi connectivity index (χ3v) is 5.16. The van der Waals surface area contributed by atoms with Gasteiger partial charge in [0.1, 0.15) is 28.3 Å². The number of halogens is 1. The molecule has 10 heteroatoms. The number of allylic oxidation sites excluding steroid dienone is 1. The highest BCUT2D eigenvalue weighted by Crippen LogP contribution is 2.27. The fourth-order valence-electron chi connectivity index (χ4n) is 3.05. The molecule has 0 aliphatic heterocycles. The van der Waals surface area contributed by atoms with Crippen molar-refractivity contribution >= 4 is 34.6 Å². The van der Waals surface area contributed by atoms with Crippen molar-refractivity contribution in [2.45, 2.75) is 32.3 Å². The van der Waals surface area contributed by atoms with Crippen molar-refractivity contribution in [1.82, 2.24) is 19.9 Å². The molecular formula is C18H23ClN8O. The molecule has 9 nitrogen and oxygen atoms in total. The fourth-order valence-corrected chi connectivity index (χ4v) is 3.21. The van der Waals surface area contributed by atoms with Crippen LogP contribution >= 0.6 is 11.6 Å². The largest absolute Gasteiger partial charge is 0.393 e. The number of aliphatic hydroxyl groups is 1. The van der Waals surface area contributed by atoms with Gasteiger partial charge in [0.2, 0.25) is 0 Å². The van der Waals surface area contributed by atoms with Crippen molar-refractivity contribution in [2.24, 2.45) is 5.92 Å². The number of fused-ring (bicyclic) bond motifs is 1. The SMILES string of the molecule is Cc1nn2c(N)c(C#N)c(NCCC(=N)/C=C\NCC3CC(O)C3)nc2c1Cl. The van der Waals surface area contributed by atoms with Crippen LogP contribution < -0.4 is 16.4 Å². The lowest BCUT2D eigenvalue weighted by Gasteiger charge is -2.31. The smallest absolute Gasteiger partial charge is 0.178 e. The lowest BCUT2D eigenvalue weighted by molar-refractivity contribution is 0.0445. The van der Waals surface area contributed by atoms with Gasteiger partial charge in [-0.3, -0.25) is 0 Å². The first kappa shape index (κ1) is 19.9. The summed E-state index contributed by atoms with van der Waals surface area (Å²) in [5.74, 6) is 1.00. The Morgan fingerprint density at radius 1 is 1.54 bits per heavy atom. The van der Waals surface area contributed by atoms with E-state index < -0.39 is 0 Å². The number of anilines is 2. The number of hydrogen-bond acceptors (Lipinski definition) is 8. The Labute approximate surface area is 167 Å². The van der Waals surface area contributed by atoms with Crippen LogP contribution in [0, 0.1) is 29.6 Å². The van der Waals surface area contributed by atoms with E-state index in [0.717, 1.165) is 19.4 Å². The van der Waals surface area contributed by atoms with Gasteiger partial charge in [-0.1, -0.05) is 11.6 Å². The van der Waals surface area contributed by atoms with Crippen LogP contribution in [0.4, 0.5) is 11.6 Å². The third kappa shape index (κ3) is 4.18. The molecule has 1 aliphatic rings. The molecule has 2 aromatic rings. The molecular weight excluding hydrogens is 380 g/mol. The molecule has 0 saturated heterocycles. The lowest BCUT2D eigenvalue weighted by Crippen LogP contribution is -2.34. The van der Waals surface area contributed by atoms with Gasteiger partial charge in [0.25, 0.3) is 0 Å². The predicted octanol–water partition coefficient (Wildman–Crippen LogP) is 1.84. The minimum absolute atomic E-state index is 0.151. The molecule has 2 heterocycles. The molecule has 1 saturated carbocycles. The van der Waals surface area contributed by atoms with Crippen molar-refractivity contribution in [1.29, 1.82) is 10.7 Å². The molecule has 0 spiro atoms. The third-order valence-electron chi connectivity index (χ3n) is 4.72. The lowest BCUT2D eigenvalue weighted by atomic mass is 9.82. The monoisotopic (exact) mass is 402 g/mol. The van der Waals surface area contributed by atoms with E-state index in [-0.39, 0.29) is 17.5 Å². The Balaban J connectivity index is 1.55. The van der Waals surface area contributed by atoms with Crippen molar-refractivity contribution in [2.75, 3.05) is 24.1 Å². The number of nitrogens with zero attached hydrogens (tertiary/aromatic N) is 4. The maximum absolute atomic E-state index is 9.41. The van der Waals surface area contributed by atoms with E-state index in [1.54, 1.807) is 19.2 Å². The maximum atomic E-state index is 9.41. The Hall–Kier alpha value is -2.83. The number of aliphatic hydroxyl groups excluding tert-OH is 1. The molecule has 1 aliphatic carbocycles. The molecule has 2 aromatic heterocycles. The molecule has 0 unspecified atom stereocenters. The number of nitrogens with two attached hydrogens (primary N) is 1. The average molecular weight is 403 g/mol. The van der Waals surface area contributed by atoms with E-state index >= 15 is 0 Å². The fraction of sp³-hybridized carbons (Fsp3) is 0.444. The van der Waals surface area contributed by atoms with Gasteiger partial charge in [-0.05, 0) is 38.0 Å². The van der Waals surface area contributed by atoms with Gasteiger partial charge < -0.3 is 26.9 Å². The van der Waals surface area contributed by atoms with E-state index in [9.17, 15) is 10.4 Å². The number of nitriles is 1. The van der Waals surface area contributed by atoms with Crippen molar-refractivity contribution in [3.63, 3.8) is 0 Å². The van der Waals surface area contributed by atoms with Gasteiger partial charge >= 0.3 is 0 Å². The number of nitrogens with one attached hydrogen (secondary N) is 3. The first-order valence-electron chi connectivity index (χ1n) is 9.04. The van der Waals surface area contributed by atoms with E-state index in [1.165, 1.54) is 4.52 Å². The number of aryl methyl sites for hydroxylation is 1. The molecule has 28 heavy (non-hydrogen) atoms. The van der Waals surface area contributed by atoms with Gasteiger partial charge in [-0.25, -0.2) is 4.98 Å². The van der Waals surface area contributed by atoms with Gasteiger partial charge in [0, 0.05) is 25.2 Å². The Morgan fingerprint density at radius 2 is 2.29 bits per heavy atom. The van der Waals surface area contributed by atoms with Crippen molar-refractivity contribution < 1.29 is 5.11 Å². The van der Waals surface area contributed by atoms with Crippen LogP contribution in [0.2, 0.25) is 5.02 Å². The molecule has 0 atom stereocenters. The molecule has 6 N–H and O–H groups in total. The molecule has 0 amide bonds. The molecule has 1 fully saturated rings. The number of rotatable bonds is 8. The summed E-state index contributed by atoms with van der Waals surface area (Å²) >= 11 is 6.21. The van der Waals surface area contributed by atoms with E-state index in [2.05, 4.69) is 20.7 Å². The van der Waals surface area contributed by atoms with Crippen LogP contribution in [-0.4, -0.2) is 44.6 Å². The van der Waals surface area contributed by atoms with Gasteiger partial charge in [0.05, 0.1) is 11.8 Å². The Morgan fingerprint density at radius 3 is 2.96 bits per heavy atom. The zero-order valence-corrected chi connectivity index (χ0v) is 16.3. The van der Waals surface area contributed by atoms with Crippen LogP contribution in [0.15, 0.2) is 12.3 Å². The molecule has 0 radical (unpaired) electrons. The van der Waals surface area contributed by atoms with Gasteiger partial charge in [-0.15, -0.1) is 0 Å². The zero-order chi connectivity index (χ0) is 20.3. The second kappa shape index (κ2) is 8.46. The summed E-state index contributed by atoms with van der Waals surface area (Å²) in [4.78, 5) is 4.37. The number of aromatic nitrogens is 3. The summed E-state index contributed by atoms with van der Waals surface area (Å²) in [6.45, 7) is 2.96. The van der Waals surface area contributed by atoms with Crippen molar-refractivity contribution in [3.05, 3.63) is 28.6 Å². The van der Waals surface area contributed by atoms with Crippen molar-refractivity contribution in [3.8, 4) is 6.07 Å². The summed E-state index contributed by atoms with van der Waals surface area (Å²) in [6, 6.07) is 2.04. The first-order chi connectivity index (χ1) is 13.4. The van der Waals surface area contributed by atoms with Crippen LogP contribution in [-0.2, 0) is 0 Å². The summed E-state index contributed by atoms with van der Waals surface area (Å²) < 4.78 is 1.36. The number of hydrogen-bond donors (Lipinski definition) is 5. The normalized spacial score (nSPS) is 18.8. The Kier molecular flexibility index (Phi) is 6.02. The van der Waals surface area contributed by atoms with E-state index in [1.807, 2.05) is 6.07 Å². The standard InChI is InChI=1S/C18H23ClN8O/c1-10-15(19)18-25-17(14(8-20)16(22)27(18)26-10)24-5-3-12(21)2-4-23-9-11-6-13(28)7-11/h2,4,11,13,21,23,28H,3,5-7,9,22H2,1H3,(H,24,25)/b4-2-,21-12?. The topological polar surface area (TPSA) is 148 Å². The zero-order valence-electron chi connectivity index (χ0n) is 15.5. The van der Waals surface area contributed by atoms with Gasteiger partial charge in [0.15, 0.2) is 5.65 Å². The first-order valence-corrected chi connectivity index (χ1v) is 9.42. The van der Waals surface area contributed by atoms with Crippen LogP contribution in [0.3, 0.4) is 0 Å². The molecule has 3 rings (SSSR count). The maximum Gasteiger partial charge on any atom is 0.178 e. The highest BCUT2D eigenvalue weighted by Gasteiger charge is 2.26. The quantitative estimate of drug-likeness (QED) is 0.423. The highest BCUT2D eigenvalue weighted by atomic mass is 35.5. The summed E-state index contributed by atoms with van der Waals surface area (Å²) in [5.41, 5.74) is 7.63. The summed E-state index contributed by atoms with van der Waals surface area (Å²) in [7, 11) is 0. The number of nitrogen functional groups attached to an aromatic ring is 1.